The summed E-state index contributed by atoms with van der Waals surface area (Å²) in [5.41, 5.74) is 1.32. The van der Waals surface area contributed by atoms with Gasteiger partial charge in [-0.1, -0.05) is 24.8 Å². The molecule has 0 saturated carbocycles. The van der Waals surface area contributed by atoms with Crippen LogP contribution in [0.2, 0.25) is 0 Å². The molecule has 84 valence electrons. The van der Waals surface area contributed by atoms with Gasteiger partial charge in [-0.3, -0.25) is 0 Å². The minimum Gasteiger partial charge on any atom is -0.508 e. The average molecular weight is 218 g/mol. The van der Waals surface area contributed by atoms with E-state index in [4.69, 9.17) is 9.84 Å². The summed E-state index contributed by atoms with van der Waals surface area (Å²) in [5, 5.41) is 9.06. The van der Waals surface area contributed by atoms with Crippen molar-refractivity contribution in [3.63, 3.8) is 0 Å². The smallest absolute Gasteiger partial charge is 0.333 e. The largest absolute Gasteiger partial charge is 0.508 e. The van der Waals surface area contributed by atoms with Gasteiger partial charge in [-0.15, -0.1) is 0 Å². The molecule has 0 aromatic heterocycles. The lowest BCUT2D eigenvalue weighted by atomic mass is 10.2. The second-order valence-corrected chi connectivity index (χ2v) is 3.37. The highest BCUT2D eigenvalue weighted by molar-refractivity contribution is 5.87. The fourth-order valence-corrected chi connectivity index (χ4v) is 1.02. The minimum absolute atomic E-state index is 0.215. The Labute approximate surface area is 94.7 Å². The number of phenols is 1. The van der Waals surface area contributed by atoms with Crippen LogP contribution in [0.25, 0.3) is 6.08 Å². The molecule has 1 N–H and O–H groups in total. The number of hydrogen-bond donors (Lipinski definition) is 1. The fourth-order valence-electron chi connectivity index (χ4n) is 1.02. The Hall–Kier alpha value is -2.03. The molecule has 0 bridgehead atoms. The third-order valence-corrected chi connectivity index (χ3v) is 1.86. The molecule has 0 aliphatic rings. The Morgan fingerprint density at radius 3 is 2.62 bits per heavy atom. The summed E-state index contributed by atoms with van der Waals surface area (Å²) in [4.78, 5) is 11.0. The summed E-state index contributed by atoms with van der Waals surface area (Å²) in [6.45, 7) is 5.29. The first kappa shape index (κ1) is 12.0. The third-order valence-electron chi connectivity index (χ3n) is 1.86. The standard InChI is InChI=1S/C13H14O3/c1-10(2)13(15)16-9-3-4-11-5-7-12(14)8-6-11/h3-8,14H,1,9H2,2H3. The quantitative estimate of drug-likeness (QED) is 0.624. The van der Waals surface area contributed by atoms with Gasteiger partial charge in [-0.25, -0.2) is 4.79 Å². The lowest BCUT2D eigenvalue weighted by molar-refractivity contribution is -0.137. The number of aromatic hydroxyl groups is 1. The van der Waals surface area contributed by atoms with E-state index >= 15 is 0 Å². The SMILES string of the molecule is C=C(C)C(=O)OCC=Cc1ccc(O)cc1. The van der Waals surface area contributed by atoms with E-state index in [1.165, 1.54) is 0 Å². The van der Waals surface area contributed by atoms with Crippen molar-refractivity contribution in [2.24, 2.45) is 0 Å². The lowest BCUT2D eigenvalue weighted by Gasteiger charge is -1.99. The summed E-state index contributed by atoms with van der Waals surface area (Å²) < 4.78 is 4.87. The molecule has 0 radical (unpaired) electrons. The van der Waals surface area contributed by atoms with Crippen LogP contribution in [-0.4, -0.2) is 17.7 Å². The minimum atomic E-state index is -0.393. The maximum absolute atomic E-state index is 11.0. The van der Waals surface area contributed by atoms with Crippen molar-refractivity contribution < 1.29 is 14.6 Å². The second kappa shape index (κ2) is 5.75. The van der Waals surface area contributed by atoms with E-state index in [1.54, 1.807) is 37.3 Å². The first-order valence-electron chi connectivity index (χ1n) is 4.88. The van der Waals surface area contributed by atoms with E-state index in [9.17, 15) is 4.79 Å². The predicted molar refractivity (Wildman–Crippen MR) is 62.9 cm³/mol. The van der Waals surface area contributed by atoms with Crippen molar-refractivity contribution in [3.8, 4) is 5.75 Å². The number of benzene rings is 1. The van der Waals surface area contributed by atoms with Crippen LogP contribution < -0.4 is 0 Å². The Morgan fingerprint density at radius 2 is 2.06 bits per heavy atom. The van der Waals surface area contributed by atoms with Crippen molar-refractivity contribution in [2.75, 3.05) is 6.61 Å². The van der Waals surface area contributed by atoms with Gasteiger partial charge in [0.2, 0.25) is 0 Å². The molecule has 16 heavy (non-hydrogen) atoms. The number of ether oxygens (including phenoxy) is 1. The summed E-state index contributed by atoms with van der Waals surface area (Å²) >= 11 is 0. The zero-order chi connectivity index (χ0) is 12.0. The molecule has 0 spiro atoms. The molecule has 3 nitrogen and oxygen atoms in total. The molecule has 0 fully saturated rings. The van der Waals surface area contributed by atoms with Crippen LogP contribution in [0.15, 0.2) is 42.5 Å². The number of rotatable bonds is 4. The van der Waals surface area contributed by atoms with Crippen LogP contribution in [-0.2, 0) is 9.53 Å². The molecule has 0 aliphatic heterocycles. The average Bonchev–Trinajstić information content (AvgIpc) is 2.26. The molecular weight excluding hydrogens is 204 g/mol. The van der Waals surface area contributed by atoms with E-state index in [0.717, 1.165) is 5.56 Å². The number of hydrogen-bond acceptors (Lipinski definition) is 3. The topological polar surface area (TPSA) is 46.5 Å². The van der Waals surface area contributed by atoms with Crippen molar-refractivity contribution >= 4 is 12.0 Å². The van der Waals surface area contributed by atoms with Crippen molar-refractivity contribution in [3.05, 3.63) is 48.1 Å². The molecule has 0 heterocycles. The van der Waals surface area contributed by atoms with Gasteiger partial charge in [0.05, 0.1) is 0 Å². The van der Waals surface area contributed by atoms with Gasteiger partial charge in [0.15, 0.2) is 0 Å². The summed E-state index contributed by atoms with van der Waals surface area (Å²) in [7, 11) is 0. The Kier molecular flexibility index (Phi) is 4.33. The van der Waals surface area contributed by atoms with Crippen LogP contribution in [0.1, 0.15) is 12.5 Å². The highest BCUT2D eigenvalue weighted by Gasteiger charge is 1.99. The van der Waals surface area contributed by atoms with E-state index in [2.05, 4.69) is 6.58 Å². The van der Waals surface area contributed by atoms with Gasteiger partial charge in [0.1, 0.15) is 12.4 Å². The van der Waals surface area contributed by atoms with Crippen LogP contribution in [0, 0.1) is 0 Å². The maximum Gasteiger partial charge on any atom is 0.333 e. The summed E-state index contributed by atoms with van der Waals surface area (Å²) in [6, 6.07) is 6.73. The van der Waals surface area contributed by atoms with E-state index in [-0.39, 0.29) is 12.4 Å². The van der Waals surface area contributed by atoms with Crippen LogP contribution in [0.3, 0.4) is 0 Å². The van der Waals surface area contributed by atoms with Crippen molar-refractivity contribution in [1.29, 1.82) is 0 Å². The van der Waals surface area contributed by atoms with Crippen LogP contribution in [0.5, 0.6) is 5.75 Å². The number of carbonyl (C=O) groups is 1. The van der Waals surface area contributed by atoms with Gasteiger partial charge >= 0.3 is 5.97 Å². The molecule has 1 rings (SSSR count). The third kappa shape index (κ3) is 4.00. The molecule has 3 heteroatoms. The lowest BCUT2D eigenvalue weighted by Crippen LogP contribution is -2.04. The highest BCUT2D eigenvalue weighted by atomic mass is 16.5. The van der Waals surface area contributed by atoms with E-state index in [1.807, 2.05) is 6.08 Å². The summed E-state index contributed by atoms with van der Waals surface area (Å²) in [6.07, 6.45) is 3.54. The van der Waals surface area contributed by atoms with Crippen LogP contribution >= 0.6 is 0 Å². The number of phenolic OH excluding ortho intramolecular Hbond substituents is 1. The number of carbonyl (C=O) groups excluding carboxylic acids is 1. The summed E-state index contributed by atoms with van der Waals surface area (Å²) in [5.74, 6) is -0.166. The first-order chi connectivity index (χ1) is 7.59. The van der Waals surface area contributed by atoms with Crippen molar-refractivity contribution in [1.82, 2.24) is 0 Å². The Bertz CT molecular complexity index is 402. The molecular formula is C13H14O3. The molecule has 0 atom stereocenters. The molecule has 0 amide bonds. The van der Waals surface area contributed by atoms with Gasteiger partial charge in [0, 0.05) is 5.57 Å². The number of esters is 1. The fraction of sp³-hybridized carbons (Fsp3) is 0.154. The maximum atomic E-state index is 11.0. The van der Waals surface area contributed by atoms with Crippen molar-refractivity contribution in [2.45, 2.75) is 6.92 Å². The van der Waals surface area contributed by atoms with Gasteiger partial charge in [-0.05, 0) is 30.7 Å². The molecule has 0 saturated heterocycles. The monoisotopic (exact) mass is 218 g/mol. The molecule has 1 aromatic carbocycles. The zero-order valence-electron chi connectivity index (χ0n) is 9.14. The van der Waals surface area contributed by atoms with Gasteiger partial charge in [0.25, 0.3) is 0 Å². The zero-order valence-corrected chi connectivity index (χ0v) is 9.14. The molecule has 0 unspecified atom stereocenters. The van der Waals surface area contributed by atoms with Crippen LogP contribution in [0.4, 0.5) is 0 Å². The van der Waals surface area contributed by atoms with E-state index < -0.39 is 5.97 Å². The second-order valence-electron chi connectivity index (χ2n) is 3.37. The normalized spacial score (nSPS) is 10.3. The highest BCUT2D eigenvalue weighted by Crippen LogP contribution is 2.10. The predicted octanol–water partition coefficient (Wildman–Crippen LogP) is 2.52. The molecule has 1 aromatic rings. The van der Waals surface area contributed by atoms with Gasteiger partial charge < -0.3 is 9.84 Å². The van der Waals surface area contributed by atoms with E-state index in [0.29, 0.717) is 5.57 Å². The Balaban J connectivity index is 2.40. The first-order valence-corrected chi connectivity index (χ1v) is 4.88. The molecule has 0 aliphatic carbocycles. The van der Waals surface area contributed by atoms with Gasteiger partial charge in [-0.2, -0.15) is 0 Å². The Morgan fingerprint density at radius 1 is 1.44 bits per heavy atom.